The Bertz CT molecular complexity index is 816. The summed E-state index contributed by atoms with van der Waals surface area (Å²) in [6.45, 7) is 1.91. The number of rotatable bonds is 1. The molecular weight excluding hydrogens is 238 g/mol. The molecule has 5 nitrogen and oxygen atoms in total. The van der Waals surface area contributed by atoms with Crippen LogP contribution in [0, 0.1) is 6.92 Å². The lowest BCUT2D eigenvalue weighted by Crippen LogP contribution is -1.99. The van der Waals surface area contributed by atoms with Crippen LogP contribution in [0.3, 0.4) is 0 Å². The first-order chi connectivity index (χ1) is 9.31. The third-order valence-corrected chi connectivity index (χ3v) is 3.31. The van der Waals surface area contributed by atoms with Gasteiger partial charge in [0, 0.05) is 36.1 Å². The maximum Gasteiger partial charge on any atom is 0.153 e. The SMILES string of the molecule is Cc1ncc2c(n1)CC=C2c1ccc2nccn2n1. The molecular formula is C14H11N5. The van der Waals surface area contributed by atoms with Crippen molar-refractivity contribution in [2.75, 3.05) is 0 Å². The fraction of sp³-hybridized carbons (Fsp3) is 0.143. The Labute approximate surface area is 109 Å². The fourth-order valence-corrected chi connectivity index (χ4v) is 2.41. The third kappa shape index (κ3) is 1.55. The van der Waals surface area contributed by atoms with E-state index >= 15 is 0 Å². The van der Waals surface area contributed by atoms with Crippen molar-refractivity contribution >= 4 is 11.2 Å². The summed E-state index contributed by atoms with van der Waals surface area (Å²) in [6, 6.07) is 3.96. The van der Waals surface area contributed by atoms with Gasteiger partial charge in [0.15, 0.2) is 5.65 Å². The maximum atomic E-state index is 4.57. The minimum Gasteiger partial charge on any atom is -0.241 e. The van der Waals surface area contributed by atoms with Crippen molar-refractivity contribution < 1.29 is 0 Å². The molecule has 19 heavy (non-hydrogen) atoms. The highest BCUT2D eigenvalue weighted by Crippen LogP contribution is 2.29. The smallest absolute Gasteiger partial charge is 0.153 e. The molecule has 0 aliphatic heterocycles. The quantitative estimate of drug-likeness (QED) is 0.660. The third-order valence-electron chi connectivity index (χ3n) is 3.31. The van der Waals surface area contributed by atoms with E-state index in [1.807, 2.05) is 31.5 Å². The van der Waals surface area contributed by atoms with Gasteiger partial charge in [0.2, 0.25) is 0 Å². The Morgan fingerprint density at radius 3 is 3.11 bits per heavy atom. The summed E-state index contributed by atoms with van der Waals surface area (Å²) in [5.74, 6) is 0.812. The van der Waals surface area contributed by atoms with Crippen molar-refractivity contribution in [2.24, 2.45) is 0 Å². The zero-order valence-electron chi connectivity index (χ0n) is 10.4. The summed E-state index contributed by atoms with van der Waals surface area (Å²) in [5, 5.41) is 4.57. The van der Waals surface area contributed by atoms with Gasteiger partial charge in [0.1, 0.15) is 5.82 Å². The Morgan fingerprint density at radius 1 is 1.21 bits per heavy atom. The van der Waals surface area contributed by atoms with Gasteiger partial charge in [-0.2, -0.15) is 5.10 Å². The van der Waals surface area contributed by atoms with Crippen LogP contribution in [0.1, 0.15) is 22.8 Å². The number of nitrogens with zero attached hydrogens (tertiary/aromatic N) is 5. The molecule has 92 valence electrons. The molecule has 0 saturated heterocycles. The molecule has 3 aromatic heterocycles. The molecule has 3 heterocycles. The normalized spacial score (nSPS) is 13.6. The Kier molecular flexibility index (Phi) is 2.03. The van der Waals surface area contributed by atoms with Gasteiger partial charge in [0.25, 0.3) is 0 Å². The summed E-state index contributed by atoms with van der Waals surface area (Å²) >= 11 is 0. The predicted molar refractivity (Wildman–Crippen MR) is 70.5 cm³/mol. The van der Waals surface area contributed by atoms with Gasteiger partial charge in [-0.1, -0.05) is 6.08 Å². The Hall–Kier alpha value is -2.56. The summed E-state index contributed by atoms with van der Waals surface area (Å²) in [6.07, 6.45) is 8.48. The monoisotopic (exact) mass is 249 g/mol. The zero-order chi connectivity index (χ0) is 12.8. The van der Waals surface area contributed by atoms with Gasteiger partial charge in [-0.15, -0.1) is 0 Å². The molecule has 4 rings (SSSR count). The van der Waals surface area contributed by atoms with Gasteiger partial charge in [-0.25, -0.2) is 19.5 Å². The lowest BCUT2D eigenvalue weighted by Gasteiger charge is -2.05. The molecule has 0 amide bonds. The van der Waals surface area contributed by atoms with Crippen molar-refractivity contribution in [2.45, 2.75) is 13.3 Å². The summed E-state index contributed by atoms with van der Waals surface area (Å²) in [5.41, 5.74) is 5.04. The summed E-state index contributed by atoms with van der Waals surface area (Å²) < 4.78 is 1.78. The highest BCUT2D eigenvalue weighted by Gasteiger charge is 2.18. The van der Waals surface area contributed by atoms with Crippen molar-refractivity contribution in [3.63, 3.8) is 0 Å². The second kappa shape index (κ2) is 3.71. The predicted octanol–water partition coefficient (Wildman–Crippen LogP) is 1.82. The van der Waals surface area contributed by atoms with Crippen LogP contribution in [-0.4, -0.2) is 24.6 Å². The van der Waals surface area contributed by atoms with Gasteiger partial charge >= 0.3 is 0 Å². The van der Waals surface area contributed by atoms with Gasteiger partial charge in [-0.3, -0.25) is 0 Å². The minimum absolute atomic E-state index is 0.812. The maximum absolute atomic E-state index is 4.57. The topological polar surface area (TPSA) is 56.0 Å². The van der Waals surface area contributed by atoms with Crippen LogP contribution in [0.25, 0.3) is 11.2 Å². The van der Waals surface area contributed by atoms with Crippen LogP contribution in [-0.2, 0) is 6.42 Å². The standard InChI is InChI=1S/C14H11N5/c1-9-16-8-11-10(2-3-12(11)17-9)13-4-5-14-15-6-7-19(14)18-13/h2,4-8H,3H2,1H3. The molecule has 0 aromatic carbocycles. The van der Waals surface area contributed by atoms with E-state index in [1.54, 1.807) is 10.7 Å². The Morgan fingerprint density at radius 2 is 2.16 bits per heavy atom. The van der Waals surface area contributed by atoms with E-state index < -0.39 is 0 Å². The Balaban J connectivity index is 1.86. The number of hydrogen-bond acceptors (Lipinski definition) is 4. The number of imidazole rings is 1. The van der Waals surface area contributed by atoms with Crippen LogP contribution in [0.2, 0.25) is 0 Å². The van der Waals surface area contributed by atoms with E-state index in [4.69, 9.17) is 0 Å². The number of aryl methyl sites for hydroxylation is 1. The first-order valence-corrected chi connectivity index (χ1v) is 6.15. The van der Waals surface area contributed by atoms with E-state index in [0.29, 0.717) is 0 Å². The highest BCUT2D eigenvalue weighted by molar-refractivity contribution is 5.82. The molecule has 1 aliphatic rings. The molecule has 0 atom stereocenters. The largest absolute Gasteiger partial charge is 0.241 e. The van der Waals surface area contributed by atoms with Crippen LogP contribution < -0.4 is 0 Å². The first kappa shape index (κ1) is 10.4. The molecule has 0 spiro atoms. The molecule has 0 N–H and O–H groups in total. The summed E-state index contributed by atoms with van der Waals surface area (Å²) in [4.78, 5) is 13.0. The molecule has 5 heteroatoms. The number of fused-ring (bicyclic) bond motifs is 2. The zero-order valence-corrected chi connectivity index (χ0v) is 10.4. The van der Waals surface area contributed by atoms with E-state index in [9.17, 15) is 0 Å². The van der Waals surface area contributed by atoms with Gasteiger partial charge in [0.05, 0.1) is 11.4 Å². The van der Waals surface area contributed by atoms with Crippen molar-refractivity contribution in [3.8, 4) is 0 Å². The molecule has 0 radical (unpaired) electrons. The van der Waals surface area contributed by atoms with E-state index in [-0.39, 0.29) is 0 Å². The fourth-order valence-electron chi connectivity index (χ4n) is 2.41. The van der Waals surface area contributed by atoms with Crippen LogP contribution in [0.15, 0.2) is 36.8 Å². The molecule has 1 aliphatic carbocycles. The lowest BCUT2D eigenvalue weighted by atomic mass is 10.1. The van der Waals surface area contributed by atoms with Crippen molar-refractivity contribution in [1.82, 2.24) is 24.6 Å². The second-order valence-corrected chi connectivity index (χ2v) is 4.55. The summed E-state index contributed by atoms with van der Waals surface area (Å²) in [7, 11) is 0. The van der Waals surface area contributed by atoms with Crippen LogP contribution >= 0.6 is 0 Å². The number of aromatic nitrogens is 5. The molecule has 0 fully saturated rings. The molecule has 3 aromatic rings. The van der Waals surface area contributed by atoms with Gasteiger partial charge in [-0.05, 0) is 19.1 Å². The van der Waals surface area contributed by atoms with Crippen LogP contribution in [0.4, 0.5) is 0 Å². The highest BCUT2D eigenvalue weighted by atomic mass is 15.2. The van der Waals surface area contributed by atoms with Crippen molar-refractivity contribution in [3.05, 3.63) is 59.6 Å². The number of allylic oxidation sites excluding steroid dienone is 1. The average Bonchev–Trinajstić information content (AvgIpc) is 3.02. The second-order valence-electron chi connectivity index (χ2n) is 4.55. The number of hydrogen-bond donors (Lipinski definition) is 0. The molecule has 0 saturated carbocycles. The lowest BCUT2D eigenvalue weighted by molar-refractivity contribution is 0.921. The van der Waals surface area contributed by atoms with E-state index in [2.05, 4.69) is 26.1 Å². The molecule has 0 bridgehead atoms. The minimum atomic E-state index is 0.812. The first-order valence-electron chi connectivity index (χ1n) is 6.15. The average molecular weight is 249 g/mol. The van der Waals surface area contributed by atoms with Crippen molar-refractivity contribution in [1.29, 1.82) is 0 Å². The van der Waals surface area contributed by atoms with E-state index in [1.165, 1.54) is 0 Å². The molecule has 0 unspecified atom stereocenters. The van der Waals surface area contributed by atoms with E-state index in [0.717, 1.165) is 40.4 Å². The van der Waals surface area contributed by atoms with Gasteiger partial charge < -0.3 is 0 Å². The van der Waals surface area contributed by atoms with Crippen LogP contribution in [0.5, 0.6) is 0 Å².